The van der Waals surface area contributed by atoms with Crippen LogP contribution in [0.2, 0.25) is 0 Å². The lowest BCUT2D eigenvalue weighted by atomic mass is 9.83. The van der Waals surface area contributed by atoms with Crippen LogP contribution in [0.4, 0.5) is 10.5 Å². The minimum atomic E-state index is -0.398. The Balaban J connectivity index is 1.96. The molecule has 128 valence electrons. The van der Waals surface area contributed by atoms with Crippen LogP contribution < -0.4 is 10.7 Å². The molecule has 5 nitrogen and oxygen atoms in total. The number of hydrogen-bond acceptors (Lipinski definition) is 3. The van der Waals surface area contributed by atoms with Crippen molar-refractivity contribution in [2.24, 2.45) is 11.0 Å². The number of hydrogen-bond donors (Lipinski definition) is 3. The monoisotopic (exact) mass is 345 g/mol. The van der Waals surface area contributed by atoms with Gasteiger partial charge in [-0.1, -0.05) is 50.9 Å². The molecule has 1 aliphatic heterocycles. The van der Waals surface area contributed by atoms with Crippen LogP contribution >= 0.6 is 12.6 Å². The topological polar surface area (TPSA) is 70.6 Å². The summed E-state index contributed by atoms with van der Waals surface area (Å²) in [5, 5.41) is 6.63. The van der Waals surface area contributed by atoms with Crippen LogP contribution in [0, 0.1) is 5.92 Å². The molecule has 3 rings (SSSR count). The number of hydrazone groups is 1. The maximum Gasteiger partial charge on any atom is 0.280 e. The average Bonchev–Trinajstić information content (AvgIpc) is 2.56. The number of thiol groups is 1. The Morgan fingerprint density at radius 2 is 2.04 bits per heavy atom. The molecule has 6 heteroatoms. The van der Waals surface area contributed by atoms with Gasteiger partial charge in [-0.25, -0.2) is 5.43 Å². The Labute approximate surface area is 147 Å². The van der Waals surface area contributed by atoms with E-state index in [9.17, 15) is 9.59 Å². The zero-order valence-corrected chi connectivity index (χ0v) is 14.7. The predicted octanol–water partition coefficient (Wildman–Crippen LogP) is 4.06. The Kier molecular flexibility index (Phi) is 5.23. The second-order valence-electron chi connectivity index (χ2n) is 6.71. The van der Waals surface area contributed by atoms with E-state index < -0.39 is 5.24 Å². The number of benzene rings is 1. The smallest absolute Gasteiger partial charge is 0.280 e. The van der Waals surface area contributed by atoms with E-state index in [0.717, 1.165) is 17.0 Å². The molecule has 1 unspecified atom stereocenters. The van der Waals surface area contributed by atoms with Gasteiger partial charge in [0.1, 0.15) is 0 Å². The molecular weight excluding hydrogens is 322 g/mol. The summed E-state index contributed by atoms with van der Waals surface area (Å²) in [5.41, 5.74) is 6.16. The van der Waals surface area contributed by atoms with Crippen LogP contribution in [0.15, 0.2) is 23.3 Å². The molecular formula is C18H23N3O2S. The molecule has 1 atom stereocenters. The first-order chi connectivity index (χ1) is 11.5. The molecule has 1 aromatic carbocycles. The zero-order valence-electron chi connectivity index (χ0n) is 13.8. The van der Waals surface area contributed by atoms with Gasteiger partial charge in [0.25, 0.3) is 5.24 Å². The van der Waals surface area contributed by atoms with Crippen molar-refractivity contribution in [1.82, 2.24) is 5.43 Å². The molecule has 0 aromatic heterocycles. The number of carbonyl (C=O) groups is 2. The summed E-state index contributed by atoms with van der Waals surface area (Å²) < 4.78 is 0. The lowest BCUT2D eigenvalue weighted by Gasteiger charge is -2.25. The van der Waals surface area contributed by atoms with E-state index in [-0.39, 0.29) is 11.8 Å². The van der Waals surface area contributed by atoms with E-state index in [4.69, 9.17) is 0 Å². The zero-order chi connectivity index (χ0) is 17.1. The maximum absolute atomic E-state index is 11.5. The highest BCUT2D eigenvalue weighted by Gasteiger charge is 2.25. The quantitative estimate of drug-likeness (QED) is 0.723. The van der Waals surface area contributed by atoms with Gasteiger partial charge in [0.15, 0.2) is 0 Å². The van der Waals surface area contributed by atoms with Gasteiger partial charge in [0.2, 0.25) is 5.91 Å². The summed E-state index contributed by atoms with van der Waals surface area (Å²) in [7, 11) is 0. The Bertz CT molecular complexity index is 681. The minimum Gasteiger partial charge on any atom is -0.316 e. The van der Waals surface area contributed by atoms with Crippen molar-refractivity contribution < 1.29 is 9.59 Å². The molecule has 1 aromatic rings. The molecule has 1 aliphatic carbocycles. The summed E-state index contributed by atoms with van der Waals surface area (Å²) in [4.78, 5) is 23.0. The van der Waals surface area contributed by atoms with Crippen molar-refractivity contribution in [3.05, 3.63) is 29.3 Å². The van der Waals surface area contributed by atoms with Gasteiger partial charge in [-0.3, -0.25) is 9.59 Å². The number of amides is 2. The third kappa shape index (κ3) is 3.80. The molecule has 0 bridgehead atoms. The predicted molar refractivity (Wildman–Crippen MR) is 98.7 cm³/mol. The first-order valence-electron chi connectivity index (χ1n) is 8.55. The molecule has 0 spiro atoms. The molecule has 24 heavy (non-hydrogen) atoms. The van der Waals surface area contributed by atoms with Crippen molar-refractivity contribution in [1.29, 1.82) is 0 Å². The third-order valence-corrected chi connectivity index (χ3v) is 5.01. The number of nitrogens with one attached hydrogen (secondary N) is 2. The number of anilines is 1. The molecule has 1 fully saturated rings. The number of rotatable bonds is 3. The van der Waals surface area contributed by atoms with Gasteiger partial charge in [-0.05, 0) is 30.4 Å². The summed E-state index contributed by atoms with van der Waals surface area (Å²) in [6, 6.07) is 6.19. The van der Waals surface area contributed by atoms with Crippen LogP contribution in [-0.4, -0.2) is 16.9 Å². The second-order valence-corrected chi connectivity index (χ2v) is 7.11. The molecule has 0 saturated heterocycles. The highest BCUT2D eigenvalue weighted by Crippen LogP contribution is 2.35. The molecule has 1 heterocycles. The molecule has 2 N–H and O–H groups in total. The van der Waals surface area contributed by atoms with Crippen molar-refractivity contribution >= 4 is 35.2 Å². The van der Waals surface area contributed by atoms with Crippen molar-refractivity contribution in [3.8, 4) is 0 Å². The van der Waals surface area contributed by atoms with Gasteiger partial charge < -0.3 is 5.32 Å². The van der Waals surface area contributed by atoms with E-state index in [1.165, 1.54) is 37.7 Å². The maximum atomic E-state index is 11.5. The van der Waals surface area contributed by atoms with E-state index in [1.807, 2.05) is 19.1 Å². The number of nitrogens with zero attached hydrogens (tertiary/aromatic N) is 1. The Morgan fingerprint density at radius 3 is 2.71 bits per heavy atom. The van der Waals surface area contributed by atoms with E-state index >= 15 is 0 Å². The first kappa shape index (κ1) is 17.0. The number of carbonyl (C=O) groups excluding carboxylic acids is 2. The van der Waals surface area contributed by atoms with Crippen LogP contribution in [-0.2, 0) is 4.79 Å². The fraction of sp³-hybridized carbons (Fsp3) is 0.500. The average molecular weight is 345 g/mol. The molecule has 0 radical (unpaired) electrons. The summed E-state index contributed by atoms with van der Waals surface area (Å²) in [5.74, 6) is 0.480. The van der Waals surface area contributed by atoms with Crippen LogP contribution in [0.5, 0.6) is 0 Å². The van der Waals surface area contributed by atoms with Crippen LogP contribution in [0.3, 0.4) is 0 Å². The van der Waals surface area contributed by atoms with Crippen molar-refractivity contribution in [2.45, 2.75) is 51.4 Å². The van der Waals surface area contributed by atoms with Gasteiger partial charge in [-0.2, -0.15) is 5.10 Å². The molecule has 2 aliphatic rings. The largest absolute Gasteiger partial charge is 0.316 e. The molecule has 1 saturated carbocycles. The Morgan fingerprint density at radius 1 is 1.29 bits per heavy atom. The second kappa shape index (κ2) is 7.38. The molecule has 2 amide bonds. The van der Waals surface area contributed by atoms with Gasteiger partial charge in [-0.15, -0.1) is 0 Å². The van der Waals surface area contributed by atoms with Gasteiger partial charge >= 0.3 is 0 Å². The van der Waals surface area contributed by atoms with Gasteiger partial charge in [0.05, 0.1) is 11.4 Å². The lowest BCUT2D eigenvalue weighted by molar-refractivity contribution is -0.121. The SMILES string of the molecule is CC1CC(=O)NN=C1c1ccc(C2CCCCC2)cc1NC(=O)S. The fourth-order valence-corrected chi connectivity index (χ4v) is 3.79. The van der Waals surface area contributed by atoms with Crippen LogP contribution in [0.25, 0.3) is 0 Å². The Hall–Kier alpha value is -1.82. The summed E-state index contributed by atoms with van der Waals surface area (Å²) in [6.45, 7) is 1.97. The minimum absolute atomic E-state index is 0.00912. The van der Waals surface area contributed by atoms with E-state index in [2.05, 4.69) is 34.5 Å². The lowest BCUT2D eigenvalue weighted by Crippen LogP contribution is -2.32. The highest BCUT2D eigenvalue weighted by molar-refractivity contribution is 7.96. The van der Waals surface area contributed by atoms with E-state index in [1.54, 1.807) is 0 Å². The summed E-state index contributed by atoms with van der Waals surface area (Å²) in [6.07, 6.45) is 6.62. The van der Waals surface area contributed by atoms with Crippen molar-refractivity contribution in [2.75, 3.05) is 5.32 Å². The van der Waals surface area contributed by atoms with Gasteiger partial charge in [0, 0.05) is 17.9 Å². The highest BCUT2D eigenvalue weighted by atomic mass is 32.1. The standard InChI is InChI=1S/C18H23N3O2S/c1-11-9-16(22)20-21-17(11)14-8-7-13(10-15(14)19-18(23)24)12-5-3-2-4-6-12/h7-8,10-12H,2-6,9H2,1H3,(H,20,22)(H2,19,23,24). The van der Waals surface area contributed by atoms with Crippen molar-refractivity contribution in [3.63, 3.8) is 0 Å². The summed E-state index contributed by atoms with van der Waals surface area (Å²) >= 11 is 3.86. The normalized spacial score (nSPS) is 21.8. The third-order valence-electron chi connectivity index (χ3n) is 4.90. The first-order valence-corrected chi connectivity index (χ1v) is 9.00. The van der Waals surface area contributed by atoms with E-state index in [0.29, 0.717) is 12.3 Å². The fourth-order valence-electron chi connectivity index (χ4n) is 3.67. The van der Waals surface area contributed by atoms with Crippen LogP contribution in [0.1, 0.15) is 62.5 Å².